The number of hydrogen-bond donors (Lipinski definition) is 2. The van der Waals surface area contributed by atoms with E-state index >= 15 is 0 Å². The average Bonchev–Trinajstić information content (AvgIpc) is 2.29. The van der Waals surface area contributed by atoms with E-state index in [1.807, 2.05) is 18.2 Å². The van der Waals surface area contributed by atoms with Gasteiger partial charge >= 0.3 is 0 Å². The Morgan fingerprint density at radius 2 is 1.94 bits per heavy atom. The quantitative estimate of drug-likeness (QED) is 0.771. The molecule has 0 aliphatic carbocycles. The van der Waals surface area contributed by atoms with Crippen LogP contribution in [0.4, 0.5) is 17.2 Å². The van der Waals surface area contributed by atoms with Crippen LogP contribution in [0.25, 0.3) is 0 Å². The van der Waals surface area contributed by atoms with Crippen molar-refractivity contribution in [3.63, 3.8) is 0 Å². The molecule has 1 aromatic heterocycles. The molecule has 0 aliphatic heterocycles. The topological polar surface area (TPSA) is 96.5 Å². The zero-order valence-electron chi connectivity index (χ0n) is 9.21. The van der Waals surface area contributed by atoms with E-state index in [2.05, 4.69) is 20.2 Å². The van der Waals surface area contributed by atoms with E-state index in [4.69, 9.17) is 5.73 Å². The summed E-state index contributed by atoms with van der Waals surface area (Å²) in [4.78, 5) is 18.0. The Morgan fingerprint density at radius 3 is 2.59 bits per heavy atom. The molecule has 0 unspecified atom stereocenters. The maximum atomic E-state index is 11.6. The van der Waals surface area contributed by atoms with Gasteiger partial charge in [0.2, 0.25) is 0 Å². The van der Waals surface area contributed by atoms with E-state index in [-0.39, 0.29) is 11.5 Å². The molecule has 0 saturated carbocycles. The van der Waals surface area contributed by atoms with Crippen molar-refractivity contribution in [2.24, 2.45) is 10.2 Å². The highest BCUT2D eigenvalue weighted by Crippen LogP contribution is 2.18. The first-order valence-electron chi connectivity index (χ1n) is 5.00. The maximum Gasteiger partial charge on any atom is 0.280 e. The highest BCUT2D eigenvalue weighted by molar-refractivity contribution is 5.55. The number of hydrogen-bond acceptors (Lipinski definition) is 5. The zero-order valence-corrected chi connectivity index (χ0v) is 9.21. The molecule has 0 aliphatic rings. The molecule has 0 bridgehead atoms. The monoisotopic (exact) mass is 229 g/mol. The first kappa shape index (κ1) is 11.0. The molecule has 0 radical (unpaired) electrons. The minimum atomic E-state index is -0.394. The Kier molecular flexibility index (Phi) is 2.95. The fourth-order valence-corrected chi connectivity index (χ4v) is 1.30. The lowest BCUT2D eigenvalue weighted by atomic mass is 10.3. The van der Waals surface area contributed by atoms with Gasteiger partial charge in [0, 0.05) is 0 Å². The van der Waals surface area contributed by atoms with Crippen molar-refractivity contribution in [3.8, 4) is 0 Å². The molecule has 86 valence electrons. The number of rotatable bonds is 2. The molecule has 6 heteroatoms. The molecular weight excluding hydrogens is 218 g/mol. The van der Waals surface area contributed by atoms with Crippen molar-refractivity contribution in [2.75, 3.05) is 5.73 Å². The molecule has 0 amide bonds. The predicted octanol–water partition coefficient (Wildman–Crippen LogP) is 2.08. The highest BCUT2D eigenvalue weighted by Gasteiger charge is 2.05. The molecule has 17 heavy (non-hydrogen) atoms. The number of azo groups is 1. The Bertz CT molecular complexity index is 603. The third-order valence-corrected chi connectivity index (χ3v) is 2.06. The normalized spacial score (nSPS) is 10.9. The number of H-pyrrole nitrogens is 1. The summed E-state index contributed by atoms with van der Waals surface area (Å²) < 4.78 is 0. The molecule has 0 saturated heterocycles. The minimum Gasteiger partial charge on any atom is -0.382 e. The number of nitrogens with two attached hydrogens (primary N) is 1. The van der Waals surface area contributed by atoms with Crippen LogP contribution in [0, 0.1) is 6.92 Å². The van der Waals surface area contributed by atoms with Gasteiger partial charge in [-0.1, -0.05) is 18.2 Å². The van der Waals surface area contributed by atoms with Crippen molar-refractivity contribution < 1.29 is 0 Å². The Hall–Kier alpha value is -2.50. The zero-order chi connectivity index (χ0) is 12.3. The predicted molar refractivity (Wildman–Crippen MR) is 64.6 cm³/mol. The van der Waals surface area contributed by atoms with E-state index < -0.39 is 5.56 Å². The number of benzene rings is 1. The van der Waals surface area contributed by atoms with Gasteiger partial charge in [0.15, 0.2) is 11.5 Å². The van der Waals surface area contributed by atoms with Crippen molar-refractivity contribution in [1.82, 2.24) is 9.97 Å². The second-order valence-electron chi connectivity index (χ2n) is 3.42. The molecule has 1 heterocycles. The van der Waals surface area contributed by atoms with Gasteiger partial charge in [0.05, 0.1) is 5.69 Å². The number of aromatic nitrogens is 2. The smallest absolute Gasteiger partial charge is 0.280 e. The number of aryl methyl sites for hydroxylation is 1. The number of nitrogens with zero attached hydrogens (tertiary/aromatic N) is 3. The van der Waals surface area contributed by atoms with E-state index in [1.165, 1.54) is 0 Å². The summed E-state index contributed by atoms with van der Waals surface area (Å²) >= 11 is 0. The van der Waals surface area contributed by atoms with Crippen molar-refractivity contribution >= 4 is 17.2 Å². The number of nitrogens with one attached hydrogen (secondary N) is 1. The van der Waals surface area contributed by atoms with Crippen molar-refractivity contribution in [1.29, 1.82) is 0 Å². The first-order chi connectivity index (χ1) is 8.16. The second-order valence-corrected chi connectivity index (χ2v) is 3.42. The lowest BCUT2D eigenvalue weighted by Crippen LogP contribution is -2.11. The van der Waals surface area contributed by atoms with Crippen LogP contribution in [0.1, 0.15) is 5.82 Å². The third kappa shape index (κ3) is 2.54. The summed E-state index contributed by atoms with van der Waals surface area (Å²) in [5.74, 6) is 0.525. The van der Waals surface area contributed by atoms with E-state index in [0.717, 1.165) is 0 Å². The fraction of sp³-hybridized carbons (Fsp3) is 0.0909. The molecule has 1 aromatic carbocycles. The van der Waals surface area contributed by atoms with E-state index in [0.29, 0.717) is 11.5 Å². The molecule has 0 atom stereocenters. The van der Waals surface area contributed by atoms with Gasteiger partial charge in [-0.05, 0) is 19.1 Å². The van der Waals surface area contributed by atoms with Gasteiger partial charge in [-0.3, -0.25) is 4.79 Å². The average molecular weight is 229 g/mol. The molecule has 2 aromatic rings. The summed E-state index contributed by atoms with van der Waals surface area (Å²) in [6, 6.07) is 9.07. The maximum absolute atomic E-state index is 11.6. The largest absolute Gasteiger partial charge is 0.382 e. The van der Waals surface area contributed by atoms with Gasteiger partial charge in [-0.2, -0.15) is 5.11 Å². The van der Waals surface area contributed by atoms with Crippen LogP contribution in [-0.2, 0) is 0 Å². The molecule has 3 N–H and O–H groups in total. The van der Waals surface area contributed by atoms with Crippen molar-refractivity contribution in [3.05, 3.63) is 46.5 Å². The standard InChI is InChI=1S/C11H11N5O/c1-7-13-10(12)9(11(17)14-7)16-15-8-5-3-2-4-6-8/h2-6H,1H3,(H3,12,13,14,17). The summed E-state index contributed by atoms with van der Waals surface area (Å²) in [6.45, 7) is 1.65. The third-order valence-electron chi connectivity index (χ3n) is 2.06. The van der Waals surface area contributed by atoms with Crippen LogP contribution in [0.15, 0.2) is 45.4 Å². The summed E-state index contributed by atoms with van der Waals surface area (Å²) in [5, 5.41) is 7.72. The first-order valence-corrected chi connectivity index (χ1v) is 5.00. The van der Waals surface area contributed by atoms with Crippen LogP contribution in [-0.4, -0.2) is 9.97 Å². The molecule has 6 nitrogen and oxygen atoms in total. The molecule has 0 fully saturated rings. The van der Waals surface area contributed by atoms with Crippen LogP contribution in [0.2, 0.25) is 0 Å². The SMILES string of the molecule is Cc1nc(N)c(N=Nc2ccccc2)c(=O)[nH]1. The van der Waals surface area contributed by atoms with Gasteiger partial charge in [-0.15, -0.1) is 5.11 Å². The lowest BCUT2D eigenvalue weighted by Gasteiger charge is -1.98. The van der Waals surface area contributed by atoms with Crippen LogP contribution in [0.3, 0.4) is 0 Å². The van der Waals surface area contributed by atoms with E-state index in [9.17, 15) is 4.79 Å². The molecular formula is C11H11N5O. The van der Waals surface area contributed by atoms with Gasteiger partial charge in [0.1, 0.15) is 5.82 Å². The van der Waals surface area contributed by atoms with Gasteiger partial charge in [-0.25, -0.2) is 4.98 Å². The Morgan fingerprint density at radius 1 is 1.24 bits per heavy atom. The van der Waals surface area contributed by atoms with Crippen LogP contribution < -0.4 is 11.3 Å². The van der Waals surface area contributed by atoms with Gasteiger partial charge in [0.25, 0.3) is 5.56 Å². The number of aromatic amines is 1. The molecule has 2 rings (SSSR count). The fourth-order valence-electron chi connectivity index (χ4n) is 1.30. The Balaban J connectivity index is 2.37. The minimum absolute atomic E-state index is 0.0273. The van der Waals surface area contributed by atoms with Crippen LogP contribution in [0.5, 0.6) is 0 Å². The summed E-state index contributed by atoms with van der Waals surface area (Å²) in [7, 11) is 0. The summed E-state index contributed by atoms with van der Waals surface area (Å²) in [5.41, 5.74) is 5.88. The van der Waals surface area contributed by atoms with E-state index in [1.54, 1.807) is 19.1 Å². The number of nitrogen functional groups attached to an aromatic ring is 1. The van der Waals surface area contributed by atoms with Crippen molar-refractivity contribution in [2.45, 2.75) is 6.92 Å². The number of anilines is 1. The second kappa shape index (κ2) is 4.56. The highest BCUT2D eigenvalue weighted by atomic mass is 16.1. The molecule has 0 spiro atoms. The summed E-state index contributed by atoms with van der Waals surface area (Å²) in [6.07, 6.45) is 0. The Labute approximate surface area is 97.2 Å². The van der Waals surface area contributed by atoms with Crippen LogP contribution >= 0.6 is 0 Å². The lowest BCUT2D eigenvalue weighted by molar-refractivity contribution is 1.01. The van der Waals surface area contributed by atoms with Gasteiger partial charge < -0.3 is 10.7 Å².